The molecule has 3 atom stereocenters. The predicted molar refractivity (Wildman–Crippen MR) is 158 cm³/mol. The van der Waals surface area contributed by atoms with Crippen LogP contribution in [0.4, 0.5) is 0 Å². The van der Waals surface area contributed by atoms with Crippen LogP contribution in [0.3, 0.4) is 0 Å². The van der Waals surface area contributed by atoms with Crippen LogP contribution in [0.5, 0.6) is 0 Å². The number of amides is 2. The van der Waals surface area contributed by atoms with E-state index < -0.39 is 5.25 Å². The lowest BCUT2D eigenvalue weighted by Gasteiger charge is -2.23. The molecule has 1 aliphatic heterocycles. The summed E-state index contributed by atoms with van der Waals surface area (Å²) in [5.74, 6) is -0.698. The molecule has 8 heteroatoms. The maximum atomic E-state index is 13.1. The zero-order chi connectivity index (χ0) is 28.7. The SMILES string of the molecule is CC.CC.CC.COC(C)C1C(NC=O)=C(NC(=O)c2ccc3ccn(-c4ccccc4)c3c2)SC1C=O. The molecule has 2 amide bonds. The Labute approximate surface area is 231 Å². The highest BCUT2D eigenvalue weighted by molar-refractivity contribution is 8.04. The molecule has 1 aliphatic rings. The van der Waals surface area contributed by atoms with E-state index in [1.165, 1.54) is 11.8 Å². The lowest BCUT2D eigenvalue weighted by molar-refractivity contribution is -0.110. The molecule has 206 valence electrons. The first-order valence-electron chi connectivity index (χ1n) is 13.1. The van der Waals surface area contributed by atoms with Gasteiger partial charge in [0.05, 0.1) is 27.6 Å². The molecule has 2 aromatic carbocycles. The average molecular weight is 540 g/mol. The number of benzene rings is 2. The zero-order valence-corrected chi connectivity index (χ0v) is 24.5. The number of hydrogen-bond donors (Lipinski definition) is 2. The number of nitrogens with one attached hydrogen (secondary N) is 2. The minimum Gasteiger partial charge on any atom is -0.381 e. The number of carbonyl (C=O) groups is 3. The summed E-state index contributed by atoms with van der Waals surface area (Å²) in [5, 5.41) is 6.53. The molecule has 0 saturated heterocycles. The molecular formula is C30H41N3O4S. The minimum absolute atomic E-state index is 0.319. The number of fused-ring (bicyclic) bond motifs is 1. The Hall–Kier alpha value is -3.36. The van der Waals surface area contributed by atoms with Crippen LogP contribution in [-0.2, 0) is 14.3 Å². The van der Waals surface area contributed by atoms with E-state index in [2.05, 4.69) is 10.6 Å². The van der Waals surface area contributed by atoms with Gasteiger partial charge in [0.15, 0.2) is 0 Å². The summed E-state index contributed by atoms with van der Waals surface area (Å²) in [7, 11) is 1.55. The van der Waals surface area contributed by atoms with Gasteiger partial charge in [-0.1, -0.05) is 77.6 Å². The van der Waals surface area contributed by atoms with E-state index in [9.17, 15) is 14.4 Å². The molecule has 1 aromatic heterocycles. The van der Waals surface area contributed by atoms with Crippen molar-refractivity contribution in [3.05, 3.63) is 77.1 Å². The maximum absolute atomic E-state index is 13.1. The number of carbonyl (C=O) groups excluding carboxylic acids is 3. The van der Waals surface area contributed by atoms with Gasteiger partial charge in [0.2, 0.25) is 6.41 Å². The lowest BCUT2D eigenvalue weighted by atomic mass is 9.96. The van der Waals surface area contributed by atoms with E-state index in [1.807, 2.05) is 108 Å². The second kappa shape index (κ2) is 17.2. The van der Waals surface area contributed by atoms with Gasteiger partial charge in [-0.2, -0.15) is 0 Å². The number of thioether (sulfide) groups is 1. The minimum atomic E-state index is -0.472. The number of nitrogens with zero attached hydrogens (tertiary/aromatic N) is 1. The summed E-state index contributed by atoms with van der Waals surface area (Å²) < 4.78 is 7.42. The molecule has 2 N–H and O–H groups in total. The van der Waals surface area contributed by atoms with Gasteiger partial charge in [0, 0.05) is 30.5 Å². The van der Waals surface area contributed by atoms with Crippen LogP contribution in [0.15, 0.2) is 71.5 Å². The van der Waals surface area contributed by atoms with Gasteiger partial charge in [-0.25, -0.2) is 0 Å². The Morgan fingerprint density at radius 1 is 1.00 bits per heavy atom. The summed E-state index contributed by atoms with van der Waals surface area (Å²) in [6.45, 7) is 13.8. The molecule has 2 heterocycles. The van der Waals surface area contributed by atoms with Crippen LogP contribution in [-0.4, -0.2) is 41.6 Å². The van der Waals surface area contributed by atoms with Crippen molar-refractivity contribution in [2.45, 2.75) is 59.8 Å². The van der Waals surface area contributed by atoms with E-state index >= 15 is 0 Å². The van der Waals surface area contributed by atoms with Gasteiger partial charge in [-0.15, -0.1) is 0 Å². The number of rotatable bonds is 8. The van der Waals surface area contributed by atoms with Crippen molar-refractivity contribution >= 4 is 41.3 Å². The monoisotopic (exact) mass is 539 g/mol. The van der Waals surface area contributed by atoms with Crippen molar-refractivity contribution in [1.82, 2.24) is 15.2 Å². The van der Waals surface area contributed by atoms with Crippen molar-refractivity contribution in [1.29, 1.82) is 0 Å². The Morgan fingerprint density at radius 2 is 1.66 bits per heavy atom. The van der Waals surface area contributed by atoms with E-state index in [-0.39, 0.29) is 17.9 Å². The van der Waals surface area contributed by atoms with E-state index in [0.717, 1.165) is 22.9 Å². The van der Waals surface area contributed by atoms with E-state index in [1.54, 1.807) is 13.2 Å². The predicted octanol–water partition coefficient (Wildman–Crippen LogP) is 6.32. The molecule has 0 saturated carbocycles. The Morgan fingerprint density at radius 3 is 2.24 bits per heavy atom. The van der Waals surface area contributed by atoms with Crippen molar-refractivity contribution in [2.75, 3.05) is 7.11 Å². The lowest BCUT2D eigenvalue weighted by Crippen LogP contribution is -2.34. The second-order valence-electron chi connectivity index (χ2n) is 7.44. The van der Waals surface area contributed by atoms with Crippen molar-refractivity contribution in [2.24, 2.45) is 5.92 Å². The molecule has 7 nitrogen and oxygen atoms in total. The van der Waals surface area contributed by atoms with Gasteiger partial charge in [-0.3, -0.25) is 9.59 Å². The molecule has 38 heavy (non-hydrogen) atoms. The highest BCUT2D eigenvalue weighted by atomic mass is 32.2. The normalized spacial score (nSPS) is 16.5. The van der Waals surface area contributed by atoms with Crippen LogP contribution < -0.4 is 10.6 Å². The molecule has 3 aromatic rings. The Balaban J connectivity index is 0.00000112. The molecule has 4 rings (SSSR count). The topological polar surface area (TPSA) is 89.4 Å². The number of hydrogen-bond acceptors (Lipinski definition) is 5. The van der Waals surface area contributed by atoms with Gasteiger partial charge in [-0.05, 0) is 42.6 Å². The fourth-order valence-electron chi connectivity index (χ4n) is 3.93. The molecule has 0 fully saturated rings. The highest BCUT2D eigenvalue weighted by Crippen LogP contribution is 2.41. The third-order valence-electron chi connectivity index (χ3n) is 5.63. The summed E-state index contributed by atoms with van der Waals surface area (Å²) >= 11 is 1.21. The Bertz CT molecular complexity index is 1190. The van der Waals surface area contributed by atoms with Crippen molar-refractivity contribution in [3.63, 3.8) is 0 Å². The molecular weight excluding hydrogens is 498 g/mol. The standard InChI is InChI=1S/C24H23N3O4S.3C2H6/c1-15(31-2)21-20(13-28)32-24(22(21)25-14-29)26-23(30)17-9-8-16-10-11-27(19(16)12-17)18-6-4-3-5-7-18;3*1-2/h3-15,20-21H,1-2H3,(H,25,29)(H,26,30);3*1-2H3. The van der Waals surface area contributed by atoms with Crippen LogP contribution in [0, 0.1) is 5.92 Å². The molecule has 0 bridgehead atoms. The first-order chi connectivity index (χ1) is 18.6. The third kappa shape index (κ3) is 7.58. The first kappa shape index (κ1) is 32.7. The van der Waals surface area contributed by atoms with Gasteiger partial charge >= 0.3 is 0 Å². The smallest absolute Gasteiger partial charge is 0.256 e. The largest absolute Gasteiger partial charge is 0.381 e. The van der Waals surface area contributed by atoms with E-state index in [4.69, 9.17) is 4.74 Å². The molecule has 0 radical (unpaired) electrons. The summed E-state index contributed by atoms with van der Waals surface area (Å²) in [6, 6.07) is 17.4. The summed E-state index contributed by atoms with van der Waals surface area (Å²) in [5.41, 5.74) is 2.85. The number of aldehydes is 1. The van der Waals surface area contributed by atoms with Crippen molar-refractivity contribution < 1.29 is 19.1 Å². The van der Waals surface area contributed by atoms with Crippen LogP contribution in [0.2, 0.25) is 0 Å². The van der Waals surface area contributed by atoms with Gasteiger partial charge < -0.3 is 24.7 Å². The number of para-hydroxylation sites is 1. The quantitative estimate of drug-likeness (QED) is 0.327. The second-order valence-corrected chi connectivity index (χ2v) is 8.63. The van der Waals surface area contributed by atoms with Crippen LogP contribution in [0.25, 0.3) is 16.6 Å². The Kier molecular flexibility index (Phi) is 14.8. The fraction of sp³-hybridized carbons (Fsp3) is 0.367. The van der Waals surface area contributed by atoms with Gasteiger partial charge in [0.25, 0.3) is 5.91 Å². The fourth-order valence-corrected chi connectivity index (χ4v) is 5.24. The van der Waals surface area contributed by atoms with Crippen molar-refractivity contribution in [3.8, 4) is 5.69 Å². The third-order valence-corrected chi connectivity index (χ3v) is 6.86. The summed E-state index contributed by atoms with van der Waals surface area (Å²) in [6.07, 6.45) is 3.01. The maximum Gasteiger partial charge on any atom is 0.256 e. The van der Waals surface area contributed by atoms with Crippen LogP contribution in [0.1, 0.15) is 58.8 Å². The average Bonchev–Trinajstić information content (AvgIpc) is 3.57. The highest BCUT2D eigenvalue weighted by Gasteiger charge is 2.40. The van der Waals surface area contributed by atoms with E-state index in [0.29, 0.717) is 22.7 Å². The molecule has 0 spiro atoms. The number of aromatic nitrogens is 1. The molecule has 0 aliphatic carbocycles. The zero-order valence-electron chi connectivity index (χ0n) is 23.6. The molecule has 3 unspecified atom stereocenters. The van der Waals surface area contributed by atoms with Gasteiger partial charge in [0.1, 0.15) is 6.29 Å². The summed E-state index contributed by atoms with van der Waals surface area (Å²) in [4.78, 5) is 35.9. The number of ether oxygens (including phenoxy) is 1. The first-order valence-corrected chi connectivity index (χ1v) is 14.0. The van der Waals surface area contributed by atoms with Crippen LogP contribution >= 0.6 is 11.8 Å². The number of methoxy groups -OCH3 is 1.